The lowest BCUT2D eigenvalue weighted by atomic mass is 10.5. The molecule has 15 heteroatoms. The number of halogens is 3. The van der Waals surface area contributed by atoms with Crippen LogP contribution in [0.25, 0.3) is 0 Å². The average Bonchev–Trinajstić information content (AvgIpc) is 3.15. The molecule has 0 unspecified atom stereocenters. The number of esters is 1. The van der Waals surface area contributed by atoms with E-state index in [2.05, 4.69) is 25.3 Å². The highest BCUT2D eigenvalue weighted by Gasteiger charge is 2.26. The van der Waals surface area contributed by atoms with E-state index < -0.39 is 30.6 Å². The minimum Gasteiger partial charge on any atom is -0.478 e. The highest BCUT2D eigenvalue weighted by atomic mass is 32.2. The topological polar surface area (TPSA) is 158 Å². The number of carbonyl (C=O) groups excluding carboxylic acids is 1. The zero-order valence-corrected chi connectivity index (χ0v) is 17.1. The van der Waals surface area contributed by atoms with Gasteiger partial charge < -0.3 is 25.5 Å². The summed E-state index contributed by atoms with van der Waals surface area (Å²) >= 11 is 1.29. The molecule has 0 spiro atoms. The van der Waals surface area contributed by atoms with Crippen molar-refractivity contribution in [3.05, 3.63) is 36.8 Å². The van der Waals surface area contributed by atoms with Crippen molar-refractivity contribution in [2.45, 2.75) is 24.3 Å². The van der Waals surface area contributed by atoms with Crippen LogP contribution >= 0.6 is 11.8 Å². The minimum atomic E-state index is -4.46. The normalized spacial score (nSPS) is 12.2. The molecule has 0 aliphatic rings. The van der Waals surface area contributed by atoms with E-state index in [4.69, 9.17) is 15.6 Å². The Bertz CT molecular complexity index is 995. The van der Waals surface area contributed by atoms with Crippen LogP contribution in [0, 0.1) is 0 Å². The summed E-state index contributed by atoms with van der Waals surface area (Å²) in [6, 6.07) is 1.46. The van der Waals surface area contributed by atoms with E-state index in [1.807, 2.05) is 0 Å². The molecule has 2 aromatic rings. The van der Waals surface area contributed by atoms with Crippen LogP contribution in [0.3, 0.4) is 0 Å². The molecule has 4 N–H and O–H groups in total. The number of ether oxygens (including phenoxy) is 1. The quantitative estimate of drug-likeness (QED) is 0.0882. The van der Waals surface area contributed by atoms with Gasteiger partial charge in [0.2, 0.25) is 0 Å². The number of hydrogen-bond acceptors (Lipinski definition) is 8. The maximum absolute atomic E-state index is 12.2. The maximum atomic E-state index is 12.2. The molecule has 0 aromatic carbocycles. The molecule has 32 heavy (non-hydrogen) atoms. The smallest absolute Gasteiger partial charge is 0.408 e. The summed E-state index contributed by atoms with van der Waals surface area (Å²) in [5.74, 6) is -1.81. The number of carboxylic acid groups (broad SMARTS) is 1. The zero-order chi connectivity index (χ0) is 23.6. The maximum Gasteiger partial charge on any atom is 0.408 e. The van der Waals surface area contributed by atoms with Gasteiger partial charge in [-0.3, -0.25) is 0 Å². The largest absolute Gasteiger partial charge is 0.478 e. The standard InChI is InChI=1S/C17H18F3N7O4S/c18-17(19,20)10-24-14(21)25-11-4-5-22-15(26-11)32-9-1-7-27-8-6-23-16(27)31-13(30)3-2-12(28)29/h2-6,8H,1,7,9-10H2,(H,28,29)(H3,21,22,24,25,26)/b3-2-. The number of aromatic nitrogens is 4. The number of hydrogen-bond donors (Lipinski definition) is 3. The molecule has 0 saturated carbocycles. The predicted molar refractivity (Wildman–Crippen MR) is 108 cm³/mol. The second-order valence-electron chi connectivity index (χ2n) is 5.86. The van der Waals surface area contributed by atoms with Crippen LogP contribution in [0.15, 0.2) is 47.0 Å². The molecule has 0 atom stereocenters. The van der Waals surface area contributed by atoms with Crippen molar-refractivity contribution >= 4 is 35.5 Å². The van der Waals surface area contributed by atoms with Crippen molar-refractivity contribution in [2.24, 2.45) is 10.7 Å². The van der Waals surface area contributed by atoms with E-state index in [9.17, 15) is 22.8 Å². The lowest BCUT2D eigenvalue weighted by Crippen LogP contribution is -2.26. The Morgan fingerprint density at radius 2 is 2.09 bits per heavy atom. The summed E-state index contributed by atoms with van der Waals surface area (Å²) in [6.07, 6.45) is 2.03. The number of aliphatic carboxylic acids is 1. The van der Waals surface area contributed by atoms with Crippen LogP contribution in [0.4, 0.5) is 19.0 Å². The Hall–Kier alpha value is -3.62. The first-order valence-corrected chi connectivity index (χ1v) is 9.84. The lowest BCUT2D eigenvalue weighted by Gasteiger charge is -2.08. The number of anilines is 1. The van der Waals surface area contributed by atoms with Gasteiger partial charge in [0.1, 0.15) is 12.4 Å². The number of nitrogens with zero attached hydrogens (tertiary/aromatic N) is 5. The van der Waals surface area contributed by atoms with Gasteiger partial charge in [-0.05, 0) is 12.5 Å². The third kappa shape index (κ3) is 9.46. The average molecular weight is 473 g/mol. The van der Waals surface area contributed by atoms with Gasteiger partial charge in [-0.1, -0.05) is 11.8 Å². The molecular formula is C17H18F3N7O4S. The van der Waals surface area contributed by atoms with E-state index in [-0.39, 0.29) is 11.8 Å². The Kier molecular flexibility index (Phi) is 9.00. The second kappa shape index (κ2) is 11.7. The molecule has 0 amide bonds. The van der Waals surface area contributed by atoms with Crippen LogP contribution in [0.5, 0.6) is 6.01 Å². The first-order valence-electron chi connectivity index (χ1n) is 8.86. The van der Waals surface area contributed by atoms with Crippen molar-refractivity contribution in [3.63, 3.8) is 0 Å². The van der Waals surface area contributed by atoms with Crippen molar-refractivity contribution in [1.29, 1.82) is 0 Å². The zero-order valence-electron chi connectivity index (χ0n) is 16.3. The van der Waals surface area contributed by atoms with E-state index in [0.29, 0.717) is 30.0 Å². The Morgan fingerprint density at radius 1 is 1.31 bits per heavy atom. The Labute approximate surface area is 183 Å². The Morgan fingerprint density at radius 3 is 2.81 bits per heavy atom. The number of imidazole rings is 1. The van der Waals surface area contributed by atoms with Gasteiger partial charge >= 0.3 is 24.1 Å². The number of nitrogens with two attached hydrogens (primary N) is 1. The van der Waals surface area contributed by atoms with Crippen molar-refractivity contribution in [2.75, 3.05) is 17.6 Å². The van der Waals surface area contributed by atoms with Gasteiger partial charge in [-0.15, -0.1) is 0 Å². The summed E-state index contributed by atoms with van der Waals surface area (Å²) in [5.41, 5.74) is 5.42. The van der Waals surface area contributed by atoms with Crippen LogP contribution in [-0.2, 0) is 16.1 Å². The molecule has 2 rings (SSSR count). The third-order valence-electron chi connectivity index (χ3n) is 3.32. The molecule has 0 fully saturated rings. The number of nitrogens with one attached hydrogen (secondary N) is 1. The number of thioether (sulfide) groups is 1. The van der Waals surface area contributed by atoms with Gasteiger partial charge in [-0.2, -0.15) is 13.2 Å². The molecule has 0 radical (unpaired) electrons. The van der Waals surface area contributed by atoms with Crippen molar-refractivity contribution in [3.8, 4) is 6.01 Å². The SMILES string of the molecule is NC(=NCC(F)(F)F)Nc1ccnc(SCCCn2ccnc2OC(=O)/C=C\C(=O)O)n1. The van der Waals surface area contributed by atoms with Crippen molar-refractivity contribution in [1.82, 2.24) is 19.5 Å². The van der Waals surface area contributed by atoms with E-state index in [1.54, 1.807) is 10.8 Å². The molecular weight excluding hydrogens is 455 g/mol. The monoisotopic (exact) mass is 473 g/mol. The first kappa shape index (κ1) is 24.6. The lowest BCUT2D eigenvalue weighted by molar-refractivity contribution is -0.133. The molecule has 0 aliphatic heterocycles. The fourth-order valence-corrected chi connectivity index (χ4v) is 2.81. The predicted octanol–water partition coefficient (Wildman–Crippen LogP) is 1.69. The Balaban J connectivity index is 1.82. The fraction of sp³-hybridized carbons (Fsp3) is 0.294. The van der Waals surface area contributed by atoms with Crippen LogP contribution in [0.1, 0.15) is 6.42 Å². The molecule has 0 aliphatic carbocycles. The number of carboxylic acids is 1. The summed E-state index contributed by atoms with van der Waals surface area (Å²) in [7, 11) is 0. The molecule has 11 nitrogen and oxygen atoms in total. The van der Waals surface area contributed by atoms with Gasteiger partial charge in [0.25, 0.3) is 0 Å². The number of aliphatic imine (C=N–C) groups is 1. The van der Waals surface area contributed by atoms with Crippen molar-refractivity contribution < 1.29 is 32.6 Å². The number of alkyl halides is 3. The highest BCUT2D eigenvalue weighted by Crippen LogP contribution is 2.18. The fourth-order valence-electron chi connectivity index (χ4n) is 2.06. The summed E-state index contributed by atoms with van der Waals surface area (Å²) < 4.78 is 43.1. The molecule has 0 bridgehead atoms. The van der Waals surface area contributed by atoms with Gasteiger partial charge in [-0.25, -0.2) is 29.5 Å². The summed E-state index contributed by atoms with van der Waals surface area (Å²) in [6.45, 7) is -0.965. The first-order chi connectivity index (χ1) is 15.1. The van der Waals surface area contributed by atoms with E-state index in [1.165, 1.54) is 30.2 Å². The molecule has 2 aromatic heterocycles. The number of guanidine groups is 1. The van der Waals surface area contributed by atoms with Crippen LogP contribution < -0.4 is 15.8 Å². The van der Waals surface area contributed by atoms with E-state index >= 15 is 0 Å². The number of carbonyl (C=O) groups is 2. The second-order valence-corrected chi connectivity index (χ2v) is 6.93. The third-order valence-corrected chi connectivity index (χ3v) is 4.27. The molecule has 2 heterocycles. The highest BCUT2D eigenvalue weighted by molar-refractivity contribution is 7.99. The van der Waals surface area contributed by atoms with Crippen LogP contribution in [-0.4, -0.2) is 61.0 Å². The molecule has 172 valence electrons. The van der Waals surface area contributed by atoms with Gasteiger partial charge in [0.15, 0.2) is 11.1 Å². The summed E-state index contributed by atoms with van der Waals surface area (Å²) in [4.78, 5) is 37.3. The van der Waals surface area contributed by atoms with E-state index in [0.717, 1.165) is 6.08 Å². The number of aryl methyl sites for hydroxylation is 1. The van der Waals surface area contributed by atoms with Crippen LogP contribution in [0.2, 0.25) is 0 Å². The number of rotatable bonds is 10. The summed E-state index contributed by atoms with van der Waals surface area (Å²) in [5, 5.41) is 11.3. The minimum absolute atomic E-state index is 0.0195. The van der Waals surface area contributed by atoms with Gasteiger partial charge in [0.05, 0.1) is 0 Å². The molecule has 0 saturated heterocycles. The van der Waals surface area contributed by atoms with Gasteiger partial charge in [0, 0.05) is 43.0 Å².